The Labute approximate surface area is 142 Å². The summed E-state index contributed by atoms with van der Waals surface area (Å²) in [4.78, 5) is 14.6. The van der Waals surface area contributed by atoms with Crippen LogP contribution in [0.1, 0.15) is 28.8 Å². The first-order valence-electron chi connectivity index (χ1n) is 7.87. The molecule has 1 saturated heterocycles. The number of benzene rings is 2. The summed E-state index contributed by atoms with van der Waals surface area (Å²) in [6, 6.07) is 18.3. The molecule has 0 aliphatic carbocycles. The molecule has 4 heteroatoms. The van der Waals surface area contributed by atoms with Crippen LogP contribution < -0.4 is 4.90 Å². The van der Waals surface area contributed by atoms with Gasteiger partial charge in [-0.05, 0) is 23.8 Å². The van der Waals surface area contributed by atoms with Crippen molar-refractivity contribution < 1.29 is 9.53 Å². The number of ether oxygens (including phenoxy) is 1. The van der Waals surface area contributed by atoms with Crippen LogP contribution in [0.5, 0.6) is 0 Å². The van der Waals surface area contributed by atoms with Crippen LogP contribution >= 0.6 is 12.4 Å². The first-order chi connectivity index (χ1) is 10.8. The predicted octanol–water partition coefficient (Wildman–Crippen LogP) is 3.86. The molecule has 0 aromatic heterocycles. The van der Waals surface area contributed by atoms with E-state index in [1.54, 1.807) is 0 Å². The van der Waals surface area contributed by atoms with E-state index >= 15 is 0 Å². The summed E-state index contributed by atoms with van der Waals surface area (Å²) in [5.41, 5.74) is 2.81. The van der Waals surface area contributed by atoms with Gasteiger partial charge in [-0.1, -0.05) is 36.4 Å². The van der Waals surface area contributed by atoms with Gasteiger partial charge in [0.25, 0.3) is 0 Å². The number of piperidine rings is 1. The van der Waals surface area contributed by atoms with E-state index < -0.39 is 0 Å². The first-order valence-corrected chi connectivity index (χ1v) is 7.87. The van der Waals surface area contributed by atoms with Gasteiger partial charge in [-0.2, -0.15) is 0 Å². The van der Waals surface area contributed by atoms with E-state index in [0.717, 1.165) is 43.5 Å². The molecule has 0 N–H and O–H groups in total. The molecule has 0 radical (unpaired) electrons. The highest BCUT2D eigenvalue weighted by Crippen LogP contribution is 2.37. The molecule has 2 aliphatic rings. The van der Waals surface area contributed by atoms with Crippen molar-refractivity contribution in [2.45, 2.75) is 24.9 Å². The number of halogens is 1. The Kier molecular flexibility index (Phi) is 4.31. The van der Waals surface area contributed by atoms with Gasteiger partial charge in [-0.15, -0.1) is 12.4 Å². The lowest BCUT2D eigenvalue weighted by Crippen LogP contribution is -2.50. The zero-order valence-corrected chi connectivity index (χ0v) is 13.7. The molecule has 0 saturated carbocycles. The Hall–Kier alpha value is -2.00. The van der Waals surface area contributed by atoms with Crippen LogP contribution in [0, 0.1) is 0 Å². The van der Waals surface area contributed by atoms with Crippen LogP contribution in [0.25, 0.3) is 0 Å². The third-order valence-electron chi connectivity index (χ3n) is 4.86. The first kappa shape index (κ1) is 15.9. The maximum atomic E-state index is 12.3. The van der Waals surface area contributed by atoms with E-state index in [4.69, 9.17) is 4.74 Å². The number of fused-ring (bicyclic) bond motifs is 1. The fourth-order valence-electron chi connectivity index (χ4n) is 3.60. The third kappa shape index (κ3) is 2.93. The van der Waals surface area contributed by atoms with Crippen LogP contribution in [-0.2, 0) is 11.2 Å². The van der Waals surface area contributed by atoms with Crippen LogP contribution in [0.15, 0.2) is 54.6 Å². The Bertz CT molecular complexity index is 694. The molecular formula is C19H20ClNO2. The number of esters is 1. The Morgan fingerprint density at radius 3 is 2.30 bits per heavy atom. The fraction of sp³-hybridized carbons (Fsp3) is 0.316. The molecule has 23 heavy (non-hydrogen) atoms. The summed E-state index contributed by atoms with van der Waals surface area (Å²) in [5.74, 6) is -0.157. The molecule has 0 atom stereocenters. The van der Waals surface area contributed by atoms with Gasteiger partial charge in [-0.25, -0.2) is 4.79 Å². The molecule has 2 heterocycles. The highest BCUT2D eigenvalue weighted by molar-refractivity contribution is 5.92. The Morgan fingerprint density at radius 2 is 1.57 bits per heavy atom. The highest BCUT2D eigenvalue weighted by Gasteiger charge is 2.42. The minimum atomic E-state index is -0.309. The number of para-hydroxylation sites is 1. The number of anilines is 1. The summed E-state index contributed by atoms with van der Waals surface area (Å²) >= 11 is 0. The Morgan fingerprint density at radius 1 is 0.913 bits per heavy atom. The molecule has 2 aromatic carbocycles. The summed E-state index contributed by atoms with van der Waals surface area (Å²) < 4.78 is 5.86. The predicted molar refractivity (Wildman–Crippen MR) is 93.4 cm³/mol. The van der Waals surface area contributed by atoms with E-state index in [-0.39, 0.29) is 24.0 Å². The van der Waals surface area contributed by atoms with Crippen molar-refractivity contribution >= 4 is 24.1 Å². The molecular weight excluding hydrogens is 310 g/mol. The quantitative estimate of drug-likeness (QED) is 0.744. The second-order valence-corrected chi connectivity index (χ2v) is 6.23. The third-order valence-corrected chi connectivity index (χ3v) is 4.86. The van der Waals surface area contributed by atoms with Gasteiger partial charge in [0.05, 0.1) is 5.56 Å². The monoisotopic (exact) mass is 329 g/mol. The SMILES string of the molecule is Cl.O=C1OC2(CCN(c3ccccc3)CC2)Cc2ccccc21. The van der Waals surface area contributed by atoms with Crippen LogP contribution in [-0.4, -0.2) is 24.7 Å². The lowest BCUT2D eigenvalue weighted by Gasteiger charge is -2.44. The standard InChI is InChI=1S/C19H19NO2.ClH/c21-18-17-9-5-4-6-15(17)14-19(22-18)10-12-20(13-11-19)16-7-2-1-3-8-16;/h1-9H,10-14H2;1H. The van der Waals surface area contributed by atoms with Crippen molar-refractivity contribution in [3.63, 3.8) is 0 Å². The lowest BCUT2D eigenvalue weighted by molar-refractivity contribution is -0.0368. The van der Waals surface area contributed by atoms with E-state index in [9.17, 15) is 4.79 Å². The van der Waals surface area contributed by atoms with E-state index in [2.05, 4.69) is 35.2 Å². The van der Waals surface area contributed by atoms with E-state index in [0.29, 0.717) is 0 Å². The van der Waals surface area contributed by atoms with Gasteiger partial charge < -0.3 is 9.64 Å². The normalized spacial score (nSPS) is 18.8. The molecule has 0 unspecified atom stereocenters. The van der Waals surface area contributed by atoms with Gasteiger partial charge in [-0.3, -0.25) is 0 Å². The van der Waals surface area contributed by atoms with Gasteiger partial charge in [0.1, 0.15) is 5.60 Å². The zero-order valence-electron chi connectivity index (χ0n) is 12.9. The van der Waals surface area contributed by atoms with Crippen LogP contribution in [0.2, 0.25) is 0 Å². The van der Waals surface area contributed by atoms with Crippen molar-refractivity contribution in [2.75, 3.05) is 18.0 Å². The average Bonchev–Trinajstić information content (AvgIpc) is 2.56. The zero-order chi connectivity index (χ0) is 15.0. The molecule has 2 aliphatic heterocycles. The summed E-state index contributed by atoms with van der Waals surface area (Å²) in [7, 11) is 0. The second kappa shape index (κ2) is 6.25. The second-order valence-electron chi connectivity index (χ2n) is 6.23. The molecule has 0 amide bonds. The fourth-order valence-corrected chi connectivity index (χ4v) is 3.60. The maximum Gasteiger partial charge on any atom is 0.338 e. The van der Waals surface area contributed by atoms with E-state index in [1.807, 2.05) is 24.3 Å². The van der Waals surface area contributed by atoms with Crippen LogP contribution in [0.3, 0.4) is 0 Å². The van der Waals surface area contributed by atoms with Crippen molar-refractivity contribution in [1.29, 1.82) is 0 Å². The maximum absolute atomic E-state index is 12.3. The van der Waals surface area contributed by atoms with Crippen LogP contribution in [0.4, 0.5) is 5.69 Å². The smallest absolute Gasteiger partial charge is 0.338 e. The van der Waals surface area contributed by atoms with Crippen molar-refractivity contribution in [3.8, 4) is 0 Å². The number of hydrogen-bond acceptors (Lipinski definition) is 3. The molecule has 4 rings (SSSR count). The molecule has 1 fully saturated rings. The number of rotatable bonds is 1. The van der Waals surface area contributed by atoms with Gasteiger partial charge in [0.15, 0.2) is 0 Å². The number of carbonyl (C=O) groups is 1. The minimum Gasteiger partial charge on any atom is -0.455 e. The number of nitrogens with zero attached hydrogens (tertiary/aromatic N) is 1. The molecule has 1 spiro atoms. The van der Waals surface area contributed by atoms with Crippen molar-refractivity contribution in [2.24, 2.45) is 0 Å². The average molecular weight is 330 g/mol. The van der Waals surface area contributed by atoms with E-state index in [1.165, 1.54) is 5.69 Å². The van der Waals surface area contributed by atoms with Gasteiger partial charge >= 0.3 is 5.97 Å². The van der Waals surface area contributed by atoms with Crippen molar-refractivity contribution in [3.05, 3.63) is 65.7 Å². The summed E-state index contributed by atoms with van der Waals surface area (Å²) in [6.07, 6.45) is 2.63. The molecule has 120 valence electrons. The molecule has 0 bridgehead atoms. The number of carbonyl (C=O) groups excluding carboxylic acids is 1. The summed E-state index contributed by atoms with van der Waals surface area (Å²) in [5, 5.41) is 0. The lowest BCUT2D eigenvalue weighted by atomic mass is 9.81. The van der Waals surface area contributed by atoms with Gasteiger partial charge in [0.2, 0.25) is 0 Å². The molecule has 3 nitrogen and oxygen atoms in total. The largest absolute Gasteiger partial charge is 0.455 e. The highest BCUT2D eigenvalue weighted by atomic mass is 35.5. The topological polar surface area (TPSA) is 29.5 Å². The minimum absolute atomic E-state index is 0. The van der Waals surface area contributed by atoms with Gasteiger partial charge in [0, 0.05) is 38.0 Å². The molecule has 2 aromatic rings. The summed E-state index contributed by atoms with van der Waals surface area (Å²) in [6.45, 7) is 1.86. The number of hydrogen-bond donors (Lipinski definition) is 0. The Balaban J connectivity index is 0.00000156. The van der Waals surface area contributed by atoms with Crippen molar-refractivity contribution in [1.82, 2.24) is 0 Å².